The minimum atomic E-state index is -2.74. The van der Waals surface area contributed by atoms with E-state index >= 15 is 0 Å². The van der Waals surface area contributed by atoms with Crippen LogP contribution in [0.1, 0.15) is 40.5 Å². The molecule has 2 aliphatic heterocycles. The van der Waals surface area contributed by atoms with Gasteiger partial charge in [0.05, 0.1) is 0 Å². The molecular weight excluding hydrogens is 326 g/mol. The summed E-state index contributed by atoms with van der Waals surface area (Å²) in [4.78, 5) is 17.1. The zero-order valence-corrected chi connectivity index (χ0v) is 14.2. The van der Waals surface area contributed by atoms with E-state index in [-0.39, 0.29) is 23.6 Å². The SMILES string of the molecule is Cc1ccc2c(c1)[C@H]1CN(C)CC[C@@H]1N2C(=O)c1ccn(C(F)F)n1. The van der Waals surface area contributed by atoms with Gasteiger partial charge in [-0.25, -0.2) is 4.68 Å². The number of benzene rings is 1. The highest BCUT2D eigenvalue weighted by Gasteiger charge is 2.44. The maximum absolute atomic E-state index is 13.1. The van der Waals surface area contributed by atoms with Gasteiger partial charge >= 0.3 is 6.55 Å². The Morgan fingerprint density at radius 1 is 1.32 bits per heavy atom. The largest absolute Gasteiger partial charge is 0.333 e. The molecule has 1 amide bonds. The Bertz CT molecular complexity index is 819. The van der Waals surface area contributed by atoms with Gasteiger partial charge in [0.1, 0.15) is 0 Å². The topological polar surface area (TPSA) is 41.4 Å². The number of anilines is 1. The average Bonchev–Trinajstić information content (AvgIpc) is 3.17. The van der Waals surface area contributed by atoms with Crippen LogP contribution in [0, 0.1) is 6.92 Å². The number of piperidine rings is 1. The van der Waals surface area contributed by atoms with Gasteiger partial charge in [-0.2, -0.15) is 13.9 Å². The normalized spacial score (nSPS) is 23.0. The highest BCUT2D eigenvalue weighted by molar-refractivity contribution is 6.07. The third-order valence-corrected chi connectivity index (χ3v) is 5.20. The van der Waals surface area contributed by atoms with Crippen molar-refractivity contribution in [2.45, 2.75) is 31.9 Å². The van der Waals surface area contributed by atoms with E-state index in [4.69, 9.17) is 0 Å². The lowest BCUT2D eigenvalue weighted by Crippen LogP contribution is -2.47. The number of aromatic nitrogens is 2. The van der Waals surface area contributed by atoms with Crippen LogP contribution in [0.5, 0.6) is 0 Å². The lowest BCUT2D eigenvalue weighted by molar-refractivity contribution is 0.0560. The molecule has 0 radical (unpaired) electrons. The van der Waals surface area contributed by atoms with E-state index in [0.717, 1.165) is 42.5 Å². The van der Waals surface area contributed by atoms with E-state index in [1.54, 1.807) is 4.90 Å². The molecule has 7 heteroatoms. The van der Waals surface area contributed by atoms with Crippen molar-refractivity contribution in [3.8, 4) is 0 Å². The maximum Gasteiger partial charge on any atom is 0.333 e. The van der Waals surface area contributed by atoms with Gasteiger partial charge in [-0.3, -0.25) is 4.79 Å². The molecule has 1 fully saturated rings. The molecule has 3 heterocycles. The van der Waals surface area contributed by atoms with Gasteiger partial charge in [0.2, 0.25) is 0 Å². The first-order valence-electron chi connectivity index (χ1n) is 8.41. The third kappa shape index (κ3) is 2.63. The van der Waals surface area contributed by atoms with Crippen molar-refractivity contribution >= 4 is 11.6 Å². The second kappa shape index (κ2) is 5.91. The second-order valence-corrected chi connectivity index (χ2v) is 6.92. The maximum atomic E-state index is 13.1. The van der Waals surface area contributed by atoms with Crippen molar-refractivity contribution in [2.75, 3.05) is 25.0 Å². The molecule has 4 rings (SSSR count). The number of nitrogens with zero attached hydrogens (tertiary/aromatic N) is 4. The number of halogens is 2. The molecular formula is C18H20F2N4O. The summed E-state index contributed by atoms with van der Waals surface area (Å²) in [6.07, 6.45) is 2.01. The molecule has 1 aromatic carbocycles. The van der Waals surface area contributed by atoms with Crippen LogP contribution in [0.25, 0.3) is 0 Å². The molecule has 0 N–H and O–H groups in total. The molecule has 5 nitrogen and oxygen atoms in total. The Balaban J connectivity index is 1.74. The Kier molecular flexibility index (Phi) is 3.83. The van der Waals surface area contributed by atoms with Crippen LogP contribution >= 0.6 is 0 Å². The minimum Gasteiger partial charge on any atom is -0.306 e. The van der Waals surface area contributed by atoms with Gasteiger partial charge in [0.25, 0.3) is 5.91 Å². The van der Waals surface area contributed by atoms with Crippen LogP contribution in [-0.4, -0.2) is 46.8 Å². The van der Waals surface area contributed by atoms with E-state index in [1.807, 2.05) is 19.1 Å². The summed E-state index contributed by atoms with van der Waals surface area (Å²) in [5.41, 5.74) is 3.26. The number of hydrogen-bond donors (Lipinski definition) is 0. The molecule has 1 saturated heterocycles. The van der Waals surface area contributed by atoms with Gasteiger partial charge in [0.15, 0.2) is 5.69 Å². The van der Waals surface area contributed by atoms with Crippen LogP contribution in [0.15, 0.2) is 30.5 Å². The average molecular weight is 346 g/mol. The molecule has 2 aliphatic rings. The monoisotopic (exact) mass is 346 g/mol. The highest BCUT2D eigenvalue weighted by Crippen LogP contribution is 2.45. The smallest absolute Gasteiger partial charge is 0.306 e. The van der Waals surface area contributed by atoms with Gasteiger partial charge in [-0.15, -0.1) is 0 Å². The van der Waals surface area contributed by atoms with E-state index in [1.165, 1.54) is 6.07 Å². The molecule has 132 valence electrons. The molecule has 0 aliphatic carbocycles. The van der Waals surface area contributed by atoms with Crippen molar-refractivity contribution in [3.63, 3.8) is 0 Å². The Morgan fingerprint density at radius 3 is 2.84 bits per heavy atom. The predicted octanol–water partition coefficient (Wildman–Crippen LogP) is 3.03. The lowest BCUT2D eigenvalue weighted by atomic mass is 9.89. The van der Waals surface area contributed by atoms with Crippen LogP contribution in [0.3, 0.4) is 0 Å². The Labute approximate surface area is 144 Å². The number of hydrogen-bond acceptors (Lipinski definition) is 3. The quantitative estimate of drug-likeness (QED) is 0.839. The number of alkyl halides is 2. The number of fused-ring (bicyclic) bond motifs is 3. The molecule has 25 heavy (non-hydrogen) atoms. The second-order valence-electron chi connectivity index (χ2n) is 6.92. The molecule has 2 aromatic rings. The van der Waals surface area contributed by atoms with Crippen molar-refractivity contribution in [1.29, 1.82) is 0 Å². The van der Waals surface area contributed by atoms with E-state index in [2.05, 4.69) is 23.1 Å². The van der Waals surface area contributed by atoms with Crippen LogP contribution < -0.4 is 4.90 Å². The summed E-state index contributed by atoms with van der Waals surface area (Å²) < 4.78 is 26.1. The summed E-state index contributed by atoms with van der Waals surface area (Å²) in [5.74, 6) is -0.0589. The fourth-order valence-corrected chi connectivity index (χ4v) is 4.03. The third-order valence-electron chi connectivity index (χ3n) is 5.20. The van der Waals surface area contributed by atoms with Crippen LogP contribution in [-0.2, 0) is 0 Å². The fraction of sp³-hybridized carbons (Fsp3) is 0.444. The summed E-state index contributed by atoms with van der Waals surface area (Å²) in [6.45, 7) is 1.09. The highest BCUT2D eigenvalue weighted by atomic mass is 19.3. The van der Waals surface area contributed by atoms with Crippen molar-refractivity contribution in [3.05, 3.63) is 47.3 Å². The molecule has 2 atom stereocenters. The van der Waals surface area contributed by atoms with Crippen LogP contribution in [0.4, 0.5) is 14.5 Å². The number of likely N-dealkylation sites (N-methyl/N-ethyl adjacent to an activating group) is 1. The van der Waals surface area contributed by atoms with Gasteiger partial charge in [-0.05, 0) is 44.6 Å². The number of carbonyl (C=O) groups excluding carboxylic acids is 1. The minimum absolute atomic E-state index is 0.0530. The van der Waals surface area contributed by atoms with Crippen molar-refractivity contribution in [1.82, 2.24) is 14.7 Å². The zero-order chi connectivity index (χ0) is 17.7. The zero-order valence-electron chi connectivity index (χ0n) is 14.2. The molecule has 1 aromatic heterocycles. The van der Waals surface area contributed by atoms with Gasteiger partial charge in [-0.1, -0.05) is 17.7 Å². The summed E-state index contributed by atoms with van der Waals surface area (Å²) in [7, 11) is 2.08. The Hall–Kier alpha value is -2.28. The standard InChI is InChI=1S/C18H20F2N4O/c1-11-3-4-15-12(9-11)13-10-22(2)7-6-16(13)24(15)17(25)14-5-8-23(21-14)18(19)20/h3-5,8-9,13,16,18H,6-7,10H2,1-2H3/t13-,16+/m1/s1. The summed E-state index contributed by atoms with van der Waals surface area (Å²) in [6, 6.07) is 7.50. The number of likely N-dealkylation sites (tertiary alicyclic amines) is 1. The predicted molar refractivity (Wildman–Crippen MR) is 90.1 cm³/mol. The molecule has 0 spiro atoms. The molecule has 0 bridgehead atoms. The first kappa shape index (κ1) is 16.2. The number of rotatable bonds is 2. The van der Waals surface area contributed by atoms with Crippen molar-refractivity contribution in [2.24, 2.45) is 0 Å². The van der Waals surface area contributed by atoms with E-state index < -0.39 is 6.55 Å². The molecule has 0 unspecified atom stereocenters. The van der Waals surface area contributed by atoms with Gasteiger partial charge < -0.3 is 9.80 Å². The number of amides is 1. The lowest BCUT2D eigenvalue weighted by Gasteiger charge is -2.36. The van der Waals surface area contributed by atoms with Crippen molar-refractivity contribution < 1.29 is 13.6 Å². The fourth-order valence-electron chi connectivity index (χ4n) is 4.03. The number of carbonyl (C=O) groups is 1. The summed E-state index contributed by atoms with van der Waals surface area (Å²) in [5, 5.41) is 3.76. The molecule has 0 saturated carbocycles. The Morgan fingerprint density at radius 2 is 2.12 bits per heavy atom. The van der Waals surface area contributed by atoms with Gasteiger partial charge in [0, 0.05) is 30.4 Å². The first-order valence-corrected chi connectivity index (χ1v) is 8.41. The van der Waals surface area contributed by atoms with Crippen LogP contribution in [0.2, 0.25) is 0 Å². The summed E-state index contributed by atoms with van der Waals surface area (Å²) >= 11 is 0. The number of aryl methyl sites for hydroxylation is 1. The van der Waals surface area contributed by atoms with E-state index in [9.17, 15) is 13.6 Å². The van der Waals surface area contributed by atoms with E-state index in [0.29, 0.717) is 4.68 Å². The first-order chi connectivity index (χ1) is 12.0.